The van der Waals surface area contributed by atoms with E-state index in [0.717, 1.165) is 24.8 Å². The molecular formula is C18H15F2NO4. The first kappa shape index (κ1) is 18.3. The number of halogens is 2. The number of nitrogens with zero attached hydrogens (tertiary/aromatic N) is 1. The summed E-state index contributed by atoms with van der Waals surface area (Å²) in [5.41, 5.74) is -0.113. The minimum atomic E-state index is -1.05. The van der Waals surface area contributed by atoms with Gasteiger partial charge in [-0.05, 0) is 17.7 Å². The van der Waals surface area contributed by atoms with Gasteiger partial charge in [-0.1, -0.05) is 36.4 Å². The lowest BCUT2D eigenvalue weighted by Crippen LogP contribution is -2.21. The summed E-state index contributed by atoms with van der Waals surface area (Å²) in [6, 6.07) is 12.1. The smallest absolute Gasteiger partial charge is 0.434 e. The lowest BCUT2D eigenvalue weighted by molar-refractivity contribution is -0.132. The number of esters is 1. The molecular weight excluding hydrogens is 332 g/mol. The number of carbonyl (C=O) groups is 2. The predicted molar refractivity (Wildman–Crippen MR) is 86.1 cm³/mol. The van der Waals surface area contributed by atoms with E-state index in [4.69, 9.17) is 4.74 Å². The Kier molecular flexibility index (Phi) is 6.33. The van der Waals surface area contributed by atoms with Crippen molar-refractivity contribution in [2.24, 2.45) is 4.99 Å². The highest BCUT2D eigenvalue weighted by Gasteiger charge is 2.20. The van der Waals surface area contributed by atoms with Gasteiger partial charge in [0, 0.05) is 12.0 Å². The third-order valence-electron chi connectivity index (χ3n) is 3.26. The second-order valence-electron chi connectivity index (χ2n) is 4.97. The molecule has 0 fully saturated rings. The molecule has 0 aliphatic carbocycles. The van der Waals surface area contributed by atoms with Gasteiger partial charge in [0.2, 0.25) is 0 Å². The number of benzene rings is 2. The number of amides is 1. The number of carbonyl (C=O) groups excluding carboxylic acids is 2. The maximum Gasteiger partial charge on any atom is 0.434 e. The first-order chi connectivity index (χ1) is 12.0. The van der Waals surface area contributed by atoms with E-state index < -0.39 is 35.8 Å². The molecule has 5 nitrogen and oxygen atoms in total. The fourth-order valence-electron chi connectivity index (χ4n) is 2.01. The van der Waals surface area contributed by atoms with Crippen LogP contribution in [0.25, 0.3) is 0 Å². The van der Waals surface area contributed by atoms with Crippen LogP contribution in [-0.2, 0) is 27.3 Å². The fourth-order valence-corrected chi connectivity index (χ4v) is 2.01. The summed E-state index contributed by atoms with van der Waals surface area (Å²) in [5.74, 6) is -2.68. The SMILES string of the molecule is COC(=O)C(Cc1c(F)cccc1F)=NC(=O)OCc1ccccc1. The van der Waals surface area contributed by atoms with Crippen molar-refractivity contribution in [3.8, 4) is 0 Å². The van der Waals surface area contributed by atoms with Crippen LogP contribution in [0.4, 0.5) is 13.6 Å². The van der Waals surface area contributed by atoms with Crippen LogP contribution in [0.2, 0.25) is 0 Å². The first-order valence-electron chi connectivity index (χ1n) is 7.30. The molecule has 1 amide bonds. The van der Waals surface area contributed by atoms with Crippen LogP contribution < -0.4 is 0 Å². The molecule has 25 heavy (non-hydrogen) atoms. The number of methoxy groups -OCH3 is 1. The minimum Gasteiger partial charge on any atom is -0.465 e. The molecule has 0 saturated heterocycles. The zero-order valence-corrected chi connectivity index (χ0v) is 13.4. The Hall–Kier alpha value is -3.09. The van der Waals surface area contributed by atoms with Gasteiger partial charge in [-0.15, -0.1) is 0 Å². The number of hydrogen-bond donors (Lipinski definition) is 0. The summed E-state index contributed by atoms with van der Waals surface area (Å²) in [5, 5.41) is 0. The standard InChI is InChI=1S/C18H15F2NO4/c1-24-17(22)16(10-13-14(19)8-5-9-15(13)20)21-18(23)25-11-12-6-3-2-4-7-12/h2-9H,10-11H2,1H3. The van der Waals surface area contributed by atoms with E-state index in [9.17, 15) is 18.4 Å². The van der Waals surface area contributed by atoms with Crippen molar-refractivity contribution < 1.29 is 27.8 Å². The van der Waals surface area contributed by atoms with Crippen LogP contribution in [0.15, 0.2) is 53.5 Å². The Morgan fingerprint density at radius 2 is 1.64 bits per heavy atom. The van der Waals surface area contributed by atoms with Crippen molar-refractivity contribution in [3.63, 3.8) is 0 Å². The molecule has 0 aliphatic heterocycles. The molecule has 0 N–H and O–H groups in total. The van der Waals surface area contributed by atoms with Crippen molar-refractivity contribution in [2.75, 3.05) is 7.11 Å². The van der Waals surface area contributed by atoms with Crippen molar-refractivity contribution in [3.05, 3.63) is 71.3 Å². The normalized spacial score (nSPS) is 11.1. The summed E-state index contributed by atoms with van der Waals surface area (Å²) >= 11 is 0. The van der Waals surface area contributed by atoms with Crippen molar-refractivity contribution >= 4 is 17.8 Å². The van der Waals surface area contributed by atoms with E-state index in [1.54, 1.807) is 24.3 Å². The molecule has 0 aliphatic rings. The Morgan fingerprint density at radius 1 is 1.00 bits per heavy atom. The van der Waals surface area contributed by atoms with Crippen LogP contribution in [0, 0.1) is 11.6 Å². The number of aliphatic imine (C=N–C) groups is 1. The topological polar surface area (TPSA) is 65.0 Å². The van der Waals surface area contributed by atoms with Crippen molar-refractivity contribution in [1.29, 1.82) is 0 Å². The van der Waals surface area contributed by atoms with Gasteiger partial charge in [0.15, 0.2) is 0 Å². The zero-order valence-electron chi connectivity index (χ0n) is 13.4. The fraction of sp³-hybridized carbons (Fsp3) is 0.167. The van der Waals surface area contributed by atoms with E-state index in [1.807, 2.05) is 6.07 Å². The third kappa shape index (κ3) is 5.20. The summed E-state index contributed by atoms with van der Waals surface area (Å²) in [4.78, 5) is 27.0. The predicted octanol–water partition coefficient (Wildman–Crippen LogP) is 3.46. The molecule has 0 spiro atoms. The number of rotatable bonds is 5. The summed E-state index contributed by atoms with van der Waals surface area (Å²) < 4.78 is 36.9. The van der Waals surface area contributed by atoms with E-state index in [-0.39, 0.29) is 12.2 Å². The quantitative estimate of drug-likeness (QED) is 0.614. The average molecular weight is 347 g/mol. The number of ether oxygens (including phenoxy) is 2. The highest BCUT2D eigenvalue weighted by molar-refractivity contribution is 6.38. The molecule has 0 bridgehead atoms. The molecule has 0 atom stereocenters. The lowest BCUT2D eigenvalue weighted by Gasteiger charge is -2.07. The molecule has 2 rings (SSSR count). The largest absolute Gasteiger partial charge is 0.465 e. The van der Waals surface area contributed by atoms with E-state index in [1.165, 1.54) is 6.07 Å². The van der Waals surface area contributed by atoms with Crippen LogP contribution in [-0.4, -0.2) is 24.9 Å². The Labute approximate surface area is 142 Å². The van der Waals surface area contributed by atoms with Crippen LogP contribution in [0.3, 0.4) is 0 Å². The van der Waals surface area contributed by atoms with Crippen LogP contribution in [0.1, 0.15) is 11.1 Å². The molecule has 0 radical (unpaired) electrons. The Bertz CT molecular complexity index is 771. The van der Waals surface area contributed by atoms with Gasteiger partial charge in [0.25, 0.3) is 0 Å². The van der Waals surface area contributed by atoms with Crippen molar-refractivity contribution in [1.82, 2.24) is 0 Å². The Morgan fingerprint density at radius 3 is 2.24 bits per heavy atom. The molecule has 0 saturated carbocycles. The van der Waals surface area contributed by atoms with Gasteiger partial charge in [0.1, 0.15) is 24.0 Å². The molecule has 0 unspecified atom stereocenters. The van der Waals surface area contributed by atoms with Gasteiger partial charge in [-0.3, -0.25) is 0 Å². The van der Waals surface area contributed by atoms with E-state index in [2.05, 4.69) is 9.73 Å². The zero-order chi connectivity index (χ0) is 18.2. The van der Waals surface area contributed by atoms with Crippen LogP contribution in [0.5, 0.6) is 0 Å². The molecule has 7 heteroatoms. The maximum atomic E-state index is 13.7. The van der Waals surface area contributed by atoms with Crippen LogP contribution >= 0.6 is 0 Å². The molecule has 0 heterocycles. The maximum absolute atomic E-state index is 13.7. The first-order valence-corrected chi connectivity index (χ1v) is 7.30. The van der Waals surface area contributed by atoms with Crippen molar-refractivity contribution in [2.45, 2.75) is 13.0 Å². The molecule has 2 aromatic carbocycles. The molecule has 0 aromatic heterocycles. The Balaban J connectivity index is 2.14. The monoisotopic (exact) mass is 347 g/mol. The van der Waals surface area contributed by atoms with Gasteiger partial charge in [-0.25, -0.2) is 18.4 Å². The summed E-state index contributed by atoms with van der Waals surface area (Å²) in [6.07, 6.45) is -1.59. The second-order valence-corrected chi connectivity index (χ2v) is 4.97. The highest BCUT2D eigenvalue weighted by Crippen LogP contribution is 2.14. The lowest BCUT2D eigenvalue weighted by atomic mass is 10.1. The van der Waals surface area contributed by atoms with Gasteiger partial charge in [0.05, 0.1) is 7.11 Å². The number of hydrogen-bond acceptors (Lipinski definition) is 4. The van der Waals surface area contributed by atoms with Gasteiger partial charge in [-0.2, -0.15) is 4.99 Å². The van der Waals surface area contributed by atoms with E-state index >= 15 is 0 Å². The third-order valence-corrected chi connectivity index (χ3v) is 3.26. The van der Waals surface area contributed by atoms with E-state index in [0.29, 0.717) is 0 Å². The molecule has 130 valence electrons. The highest BCUT2D eigenvalue weighted by atomic mass is 19.1. The van der Waals surface area contributed by atoms with Gasteiger partial charge >= 0.3 is 12.1 Å². The van der Waals surface area contributed by atoms with Gasteiger partial charge < -0.3 is 9.47 Å². The second kappa shape index (κ2) is 8.68. The minimum absolute atomic E-state index is 0.0499. The summed E-state index contributed by atoms with van der Waals surface area (Å²) in [7, 11) is 1.07. The summed E-state index contributed by atoms with van der Waals surface area (Å²) in [6.45, 7) is -0.0499. The average Bonchev–Trinajstić information content (AvgIpc) is 2.62. The molecule has 2 aromatic rings.